The lowest BCUT2D eigenvalue weighted by molar-refractivity contribution is 0.0900. The first-order chi connectivity index (χ1) is 17.1. The molecule has 186 valence electrons. The van der Waals surface area contributed by atoms with Crippen LogP contribution in [-0.2, 0) is 19.6 Å². The molecule has 7 heteroatoms. The highest BCUT2D eigenvalue weighted by atomic mass is 32.1. The van der Waals surface area contributed by atoms with Crippen LogP contribution in [0.5, 0.6) is 17.2 Å². The van der Waals surface area contributed by atoms with Crippen molar-refractivity contribution in [3.8, 4) is 17.2 Å². The minimum atomic E-state index is 0.0731. The second kappa shape index (κ2) is 12.2. The number of ketones is 1. The summed E-state index contributed by atoms with van der Waals surface area (Å²) in [6.45, 7) is 6.66. The highest BCUT2D eigenvalue weighted by Gasteiger charge is 2.22. The van der Waals surface area contributed by atoms with Crippen molar-refractivity contribution in [2.45, 2.75) is 59.2 Å². The van der Waals surface area contributed by atoms with E-state index in [0.29, 0.717) is 12.2 Å². The minimum absolute atomic E-state index is 0.0731. The molecule has 1 aliphatic heterocycles. The Hall–Kier alpha value is -2.90. The van der Waals surface area contributed by atoms with E-state index in [9.17, 15) is 4.79 Å². The molecule has 35 heavy (non-hydrogen) atoms. The lowest BCUT2D eigenvalue weighted by Crippen LogP contribution is -2.22. The summed E-state index contributed by atoms with van der Waals surface area (Å²) in [4.78, 5) is 20.2. The molecule has 2 heterocycles. The Labute approximate surface area is 211 Å². The summed E-state index contributed by atoms with van der Waals surface area (Å²) in [7, 11) is 1.67. The quantitative estimate of drug-likeness (QED) is 0.253. The van der Waals surface area contributed by atoms with Crippen LogP contribution < -0.4 is 14.2 Å². The van der Waals surface area contributed by atoms with Gasteiger partial charge < -0.3 is 14.2 Å². The number of carbonyl (C=O) groups excluding carboxylic acids is 1. The van der Waals surface area contributed by atoms with Gasteiger partial charge in [0.15, 0.2) is 17.3 Å². The first-order valence-electron chi connectivity index (χ1n) is 12.3. The molecule has 4 rings (SSSR count). The molecule has 0 saturated carbocycles. The summed E-state index contributed by atoms with van der Waals surface area (Å²) in [5.74, 6) is 2.67. The maximum Gasteiger partial charge on any atom is 0.231 e. The molecular formula is C28H34N2O4S. The van der Waals surface area contributed by atoms with Gasteiger partial charge in [-0.2, -0.15) is 0 Å². The first-order valence-corrected chi connectivity index (χ1v) is 13.2. The van der Waals surface area contributed by atoms with Crippen LogP contribution in [-0.4, -0.2) is 29.6 Å². The van der Waals surface area contributed by atoms with Crippen molar-refractivity contribution in [3.05, 3.63) is 69.7 Å². The zero-order chi connectivity index (χ0) is 24.6. The molecule has 0 fully saturated rings. The summed E-state index contributed by atoms with van der Waals surface area (Å²) in [6.07, 6.45) is 3.87. The van der Waals surface area contributed by atoms with E-state index in [-0.39, 0.29) is 18.5 Å². The van der Waals surface area contributed by atoms with Crippen molar-refractivity contribution in [2.75, 3.05) is 13.9 Å². The van der Waals surface area contributed by atoms with E-state index in [0.717, 1.165) is 66.6 Å². The Morgan fingerprint density at radius 2 is 1.69 bits per heavy atom. The van der Waals surface area contributed by atoms with Crippen molar-refractivity contribution >= 4 is 17.1 Å². The van der Waals surface area contributed by atoms with Gasteiger partial charge in [-0.05, 0) is 48.2 Å². The number of ether oxygens (including phenoxy) is 3. The number of hydrogen-bond acceptors (Lipinski definition) is 7. The highest BCUT2D eigenvalue weighted by molar-refractivity contribution is 7.09. The molecule has 2 aromatic carbocycles. The topological polar surface area (TPSA) is 60.9 Å². The van der Waals surface area contributed by atoms with E-state index >= 15 is 0 Å². The fraction of sp³-hybridized carbons (Fsp3) is 0.429. The Kier molecular flexibility index (Phi) is 8.77. The number of fused-ring (bicyclic) bond motifs is 1. The van der Waals surface area contributed by atoms with Crippen molar-refractivity contribution in [1.82, 2.24) is 9.88 Å². The van der Waals surface area contributed by atoms with Gasteiger partial charge in [0.2, 0.25) is 6.79 Å². The predicted molar refractivity (Wildman–Crippen MR) is 138 cm³/mol. The third kappa shape index (κ3) is 6.61. The maximum absolute atomic E-state index is 13.1. The van der Waals surface area contributed by atoms with Gasteiger partial charge in [-0.1, -0.05) is 44.9 Å². The largest absolute Gasteiger partial charge is 0.497 e. The summed E-state index contributed by atoms with van der Waals surface area (Å²) in [5.41, 5.74) is 2.94. The van der Waals surface area contributed by atoms with E-state index in [4.69, 9.17) is 19.2 Å². The zero-order valence-electron chi connectivity index (χ0n) is 20.8. The number of thiazole rings is 1. The van der Waals surface area contributed by atoms with Crippen LogP contribution >= 0.6 is 11.3 Å². The van der Waals surface area contributed by atoms with Crippen LogP contribution in [0.15, 0.2) is 47.8 Å². The van der Waals surface area contributed by atoms with E-state index in [1.54, 1.807) is 18.4 Å². The van der Waals surface area contributed by atoms with Crippen LogP contribution in [0.1, 0.15) is 66.2 Å². The molecule has 1 aromatic heterocycles. The zero-order valence-corrected chi connectivity index (χ0v) is 21.6. The van der Waals surface area contributed by atoms with E-state index in [1.165, 1.54) is 5.56 Å². The number of Topliss-reactive ketones (excluding diaryl/α,β-unsaturated/α-hetero) is 1. The monoisotopic (exact) mass is 494 g/mol. The molecule has 0 saturated heterocycles. The summed E-state index contributed by atoms with van der Waals surface area (Å²) < 4.78 is 16.3. The third-order valence-corrected chi connectivity index (χ3v) is 7.05. The second-order valence-corrected chi connectivity index (χ2v) is 9.89. The average molecular weight is 495 g/mol. The standard InChI is InChI=1S/C28H34N2O4S/c1-4-6-22(7-5-2)28(31)24-18-35-27(29-24)17-30(15-20-8-11-23(32-3)12-9-20)16-21-10-13-25-26(14-21)34-19-33-25/h8-14,18,22H,4-7,15-17,19H2,1-3H3. The van der Waals surface area contributed by atoms with Crippen LogP contribution in [0.25, 0.3) is 0 Å². The maximum atomic E-state index is 13.1. The lowest BCUT2D eigenvalue weighted by atomic mass is 9.92. The van der Waals surface area contributed by atoms with Gasteiger partial charge in [-0.25, -0.2) is 4.98 Å². The van der Waals surface area contributed by atoms with Gasteiger partial charge in [-0.3, -0.25) is 9.69 Å². The van der Waals surface area contributed by atoms with Crippen molar-refractivity contribution in [2.24, 2.45) is 5.92 Å². The Bertz CT molecular complexity index is 1110. The van der Waals surface area contributed by atoms with E-state index in [1.807, 2.05) is 29.6 Å². The normalized spacial score (nSPS) is 12.5. The SMILES string of the molecule is CCCC(CCC)C(=O)c1csc(CN(Cc2ccc(OC)cc2)Cc2ccc3c(c2)OCO3)n1. The summed E-state index contributed by atoms with van der Waals surface area (Å²) in [5, 5.41) is 2.89. The Morgan fingerprint density at radius 1 is 1.00 bits per heavy atom. The fourth-order valence-electron chi connectivity index (χ4n) is 4.45. The minimum Gasteiger partial charge on any atom is -0.497 e. The lowest BCUT2D eigenvalue weighted by Gasteiger charge is -2.22. The van der Waals surface area contributed by atoms with Gasteiger partial charge in [0.05, 0.1) is 13.7 Å². The summed E-state index contributed by atoms with van der Waals surface area (Å²) in [6, 6.07) is 14.2. The molecule has 6 nitrogen and oxygen atoms in total. The van der Waals surface area contributed by atoms with Crippen molar-refractivity contribution < 1.29 is 19.0 Å². The number of hydrogen-bond donors (Lipinski definition) is 0. The summed E-state index contributed by atoms with van der Waals surface area (Å²) >= 11 is 1.57. The Morgan fingerprint density at radius 3 is 2.40 bits per heavy atom. The average Bonchev–Trinajstić information content (AvgIpc) is 3.53. The van der Waals surface area contributed by atoms with Crippen LogP contribution in [0.2, 0.25) is 0 Å². The number of aromatic nitrogens is 1. The van der Waals surface area contributed by atoms with E-state index in [2.05, 4.69) is 36.9 Å². The number of nitrogens with zero attached hydrogens (tertiary/aromatic N) is 2. The van der Waals surface area contributed by atoms with Gasteiger partial charge >= 0.3 is 0 Å². The van der Waals surface area contributed by atoms with Gasteiger partial charge in [0.1, 0.15) is 16.5 Å². The predicted octanol–water partition coefficient (Wildman–Crippen LogP) is 6.48. The number of carbonyl (C=O) groups is 1. The first kappa shape index (κ1) is 25.2. The van der Waals surface area contributed by atoms with Crippen molar-refractivity contribution in [1.29, 1.82) is 0 Å². The molecule has 0 bridgehead atoms. The third-order valence-electron chi connectivity index (χ3n) is 6.22. The fourth-order valence-corrected chi connectivity index (χ4v) is 5.28. The highest BCUT2D eigenvalue weighted by Crippen LogP contribution is 2.33. The van der Waals surface area contributed by atoms with Crippen LogP contribution in [0, 0.1) is 5.92 Å². The molecule has 0 unspecified atom stereocenters. The molecule has 3 aromatic rings. The number of benzene rings is 2. The van der Waals surface area contributed by atoms with Gasteiger partial charge in [-0.15, -0.1) is 11.3 Å². The van der Waals surface area contributed by atoms with Crippen LogP contribution in [0.4, 0.5) is 0 Å². The van der Waals surface area contributed by atoms with Gasteiger partial charge in [0, 0.05) is 24.4 Å². The molecule has 0 atom stereocenters. The van der Waals surface area contributed by atoms with Gasteiger partial charge in [0.25, 0.3) is 0 Å². The molecule has 0 aliphatic carbocycles. The molecule has 1 aliphatic rings. The Balaban J connectivity index is 1.51. The van der Waals surface area contributed by atoms with Crippen molar-refractivity contribution in [3.63, 3.8) is 0 Å². The molecular weight excluding hydrogens is 460 g/mol. The molecule has 0 spiro atoms. The molecule has 0 amide bonds. The smallest absolute Gasteiger partial charge is 0.231 e. The van der Waals surface area contributed by atoms with E-state index < -0.39 is 0 Å². The second-order valence-electron chi connectivity index (χ2n) is 8.95. The van der Waals surface area contributed by atoms with Crippen LogP contribution in [0.3, 0.4) is 0 Å². The number of rotatable bonds is 13. The number of methoxy groups -OCH3 is 1. The molecule has 0 radical (unpaired) electrons. The molecule has 0 N–H and O–H groups in total.